The van der Waals surface area contributed by atoms with Crippen molar-refractivity contribution in [3.63, 3.8) is 0 Å². The van der Waals surface area contributed by atoms with E-state index in [0.717, 1.165) is 22.3 Å². The maximum atomic E-state index is 14.3. The van der Waals surface area contributed by atoms with Gasteiger partial charge in [-0.3, -0.25) is 9.59 Å². The summed E-state index contributed by atoms with van der Waals surface area (Å²) >= 11 is 5.32. The Labute approximate surface area is 570 Å². The average molecular weight is 1370 g/mol. The summed E-state index contributed by atoms with van der Waals surface area (Å²) in [6.07, 6.45) is 0. The fourth-order valence-electron chi connectivity index (χ4n) is 9.65. The minimum absolute atomic E-state index is 0.0143. The molecule has 0 aromatic heterocycles. The van der Waals surface area contributed by atoms with Gasteiger partial charge in [-0.15, -0.1) is 0 Å². The van der Waals surface area contributed by atoms with E-state index in [0.29, 0.717) is 164 Å². The third-order valence-corrected chi connectivity index (χ3v) is 19.3. The lowest BCUT2D eigenvalue weighted by Gasteiger charge is -2.27. The maximum Gasteiger partial charge on any atom is 0.262 e. The molecular formula is C72H90N2O16S4. The molecule has 3 aliphatic heterocycles. The Morgan fingerprint density at radius 2 is 0.585 bits per heavy atom. The van der Waals surface area contributed by atoms with Gasteiger partial charge in [-0.25, -0.2) is 0 Å². The van der Waals surface area contributed by atoms with E-state index >= 15 is 0 Å². The van der Waals surface area contributed by atoms with Gasteiger partial charge in [-0.05, 0) is 117 Å². The van der Waals surface area contributed by atoms with Crippen LogP contribution in [0.4, 0.5) is 11.4 Å². The first kappa shape index (κ1) is 72.1. The summed E-state index contributed by atoms with van der Waals surface area (Å²) in [6, 6.07) is 26.6. The van der Waals surface area contributed by atoms with Crippen LogP contribution in [0.2, 0.25) is 0 Å². The van der Waals surface area contributed by atoms with E-state index in [-0.39, 0.29) is 37.9 Å². The Hall–Kier alpha value is -6.18. The van der Waals surface area contributed by atoms with Crippen molar-refractivity contribution in [3.05, 3.63) is 107 Å². The average Bonchev–Trinajstić information content (AvgIpc) is 0.770. The first-order chi connectivity index (χ1) is 44.8. The van der Waals surface area contributed by atoms with Crippen molar-refractivity contribution in [1.82, 2.24) is 0 Å². The number of phenolic OH excluding ortho intramolecular Hbond substituents is 2. The number of anilines is 2. The number of aromatic hydroxyl groups is 2. The number of carbonyl (C=O) groups excluding carboxylic acids is 2. The number of benzene rings is 6. The second-order valence-corrected chi connectivity index (χ2v) is 31.1. The number of ether oxygens (including phenoxy) is 12. The van der Waals surface area contributed by atoms with Crippen LogP contribution < -0.4 is 39.1 Å². The second-order valence-electron chi connectivity index (χ2n) is 26.7. The fraction of sp³-hybridized carbons (Fsp3) is 0.472. The molecule has 18 nitrogen and oxygen atoms in total. The monoisotopic (exact) mass is 1370 g/mol. The molecule has 0 saturated heterocycles. The lowest BCUT2D eigenvalue weighted by molar-refractivity contribution is -0.118. The third-order valence-electron chi connectivity index (χ3n) is 15.0. The molecule has 0 aliphatic carbocycles. The Balaban J connectivity index is 1.11. The van der Waals surface area contributed by atoms with Gasteiger partial charge in [0, 0.05) is 23.5 Å². The molecule has 22 heteroatoms. The van der Waals surface area contributed by atoms with E-state index in [1.54, 1.807) is 36.4 Å². The van der Waals surface area contributed by atoms with E-state index < -0.39 is 46.7 Å². The van der Waals surface area contributed by atoms with Crippen molar-refractivity contribution in [2.75, 3.05) is 130 Å². The highest BCUT2D eigenvalue weighted by Gasteiger charge is 2.31. The highest BCUT2D eigenvalue weighted by molar-refractivity contribution is 8.01. The van der Waals surface area contributed by atoms with E-state index in [9.17, 15) is 19.8 Å². The number of hydrogen-bond donors (Lipinski definition) is 4. The molecule has 8 bridgehead atoms. The van der Waals surface area contributed by atoms with Crippen LogP contribution in [0.5, 0.6) is 46.0 Å². The molecular weight excluding hydrogens is 1280 g/mol. The largest absolute Gasteiger partial charge is 0.506 e. The van der Waals surface area contributed by atoms with Crippen molar-refractivity contribution in [1.29, 1.82) is 0 Å². The predicted octanol–water partition coefficient (Wildman–Crippen LogP) is 14.9. The number of fused-ring (bicyclic) bond motifs is 10. The Morgan fingerprint density at radius 3 is 0.840 bits per heavy atom. The number of carbonyl (C=O) groups is 2. The van der Waals surface area contributed by atoms with Gasteiger partial charge in [-0.2, -0.15) is 0 Å². The normalized spacial score (nSPS) is 16.2. The molecule has 0 spiro atoms. The van der Waals surface area contributed by atoms with Gasteiger partial charge in [0.25, 0.3) is 11.8 Å². The molecule has 0 atom stereocenters. The van der Waals surface area contributed by atoms with Gasteiger partial charge in [0.15, 0.2) is 36.2 Å². The summed E-state index contributed by atoms with van der Waals surface area (Å²) in [5, 5.41) is 31.8. The number of phenols is 2. The van der Waals surface area contributed by atoms with Crippen LogP contribution in [0.25, 0.3) is 0 Å². The van der Waals surface area contributed by atoms with Crippen LogP contribution >= 0.6 is 47.0 Å². The van der Waals surface area contributed by atoms with Gasteiger partial charge < -0.3 is 77.7 Å². The molecule has 2 amide bonds. The molecule has 6 aromatic rings. The zero-order valence-corrected chi connectivity index (χ0v) is 59.3. The molecule has 9 rings (SSSR count). The van der Waals surface area contributed by atoms with Crippen molar-refractivity contribution < 1.29 is 76.6 Å². The van der Waals surface area contributed by atoms with Gasteiger partial charge in [0.2, 0.25) is 0 Å². The van der Waals surface area contributed by atoms with Crippen LogP contribution in [0, 0.1) is 0 Å². The maximum absolute atomic E-state index is 14.3. The van der Waals surface area contributed by atoms with Crippen LogP contribution in [0.3, 0.4) is 0 Å². The lowest BCUT2D eigenvalue weighted by atomic mass is 9.87. The molecule has 0 saturated carbocycles. The van der Waals surface area contributed by atoms with Gasteiger partial charge in [0.1, 0.15) is 49.4 Å². The zero-order chi connectivity index (χ0) is 67.2. The Bertz CT molecular complexity index is 3260. The van der Waals surface area contributed by atoms with Crippen molar-refractivity contribution in [2.24, 2.45) is 0 Å². The third kappa shape index (κ3) is 20.4. The van der Waals surface area contributed by atoms with E-state index in [2.05, 4.69) is 118 Å². The molecule has 0 fully saturated rings. The number of hydrogen-bond acceptors (Lipinski definition) is 20. The lowest BCUT2D eigenvalue weighted by Crippen LogP contribution is -2.21. The van der Waals surface area contributed by atoms with Crippen molar-refractivity contribution >= 4 is 70.2 Å². The zero-order valence-electron chi connectivity index (χ0n) is 56.1. The summed E-state index contributed by atoms with van der Waals surface area (Å²) in [4.78, 5) is 33.3. The van der Waals surface area contributed by atoms with Crippen LogP contribution in [0.1, 0.15) is 105 Å². The minimum atomic E-state index is -0.447. The molecule has 6 aromatic carbocycles. The number of rotatable bonds is 8. The second kappa shape index (κ2) is 32.7. The van der Waals surface area contributed by atoms with Crippen LogP contribution in [-0.2, 0) is 59.7 Å². The number of nitrogens with one attached hydrogen (secondary N) is 2. The summed E-state index contributed by atoms with van der Waals surface area (Å²) in [6.45, 7) is 30.5. The molecule has 508 valence electrons. The number of amides is 2. The van der Waals surface area contributed by atoms with E-state index in [1.165, 1.54) is 47.0 Å². The SMILES string of the molecule is CC(C)(C)c1cc2c(O)c(c1)Sc1cc(C(C)(C)C)cc(c1OCC(=O)Nc1ccc3c(c1)OCCOCCOCCOCCO3)Sc1cc(C(C)(C)C)cc(c1O)Sc1cc(C(C)(C)C)cc(c1OCC(=O)Nc1ccc3c(c1)OCCOCCOCCOCCO3)S2. The fourth-order valence-corrected chi connectivity index (χ4v) is 14.2. The van der Waals surface area contributed by atoms with Crippen molar-refractivity contribution in [2.45, 2.75) is 144 Å². The van der Waals surface area contributed by atoms with Crippen LogP contribution in [0.15, 0.2) is 124 Å². The van der Waals surface area contributed by atoms with E-state index in [4.69, 9.17) is 56.8 Å². The summed E-state index contributed by atoms with van der Waals surface area (Å²) in [5.41, 5.74) is 3.12. The smallest absolute Gasteiger partial charge is 0.262 e. The molecule has 3 aliphatic rings. The quantitative estimate of drug-likeness (QED) is 0.111. The van der Waals surface area contributed by atoms with Gasteiger partial charge >= 0.3 is 0 Å². The Morgan fingerprint density at radius 1 is 0.351 bits per heavy atom. The van der Waals surface area contributed by atoms with E-state index in [1.807, 2.05) is 24.3 Å². The standard InChI is InChI=1S/C72H90N2O16S4/c1-69(2,3)45-33-55-65(77)56(34-45)92-60-38-48(72(10,11)12)40-62(68(60)90-44-64(76)74-50-14-16-52-54(42-50)88-32-28-84-24-20-80-18-22-82-26-30-86-52)94-58-36-46(70(4,5)6)35-57(66(58)78)93-61-39-47(71(7,8)9)37-59(91-55)67(61)89-43-63(75)73-49-13-15-51-53(41-49)87-31-27-83-23-19-79-17-21-81-25-29-85-51/h13-16,33-42,77-78H,17-32,43-44H2,1-12H3,(H,73,75)(H,74,76). The molecule has 3 heterocycles. The van der Waals surface area contributed by atoms with Crippen LogP contribution in [-0.4, -0.2) is 141 Å². The predicted molar refractivity (Wildman–Crippen MR) is 368 cm³/mol. The summed E-state index contributed by atoms with van der Waals surface area (Å²) in [5.74, 6) is 1.71. The highest BCUT2D eigenvalue weighted by atomic mass is 32.2. The minimum Gasteiger partial charge on any atom is -0.506 e. The summed E-state index contributed by atoms with van der Waals surface area (Å²) < 4.78 is 71.9. The molecule has 4 N–H and O–H groups in total. The topological polar surface area (TPSA) is 209 Å². The van der Waals surface area contributed by atoms with Gasteiger partial charge in [-0.1, -0.05) is 130 Å². The Kier molecular flexibility index (Phi) is 25.1. The molecule has 0 unspecified atom stereocenters. The molecule has 94 heavy (non-hydrogen) atoms. The summed E-state index contributed by atoms with van der Waals surface area (Å²) in [7, 11) is 0. The first-order valence-corrected chi connectivity index (χ1v) is 35.0. The molecule has 0 radical (unpaired) electrons. The van der Waals surface area contributed by atoms with Crippen molar-refractivity contribution in [3.8, 4) is 46.0 Å². The highest BCUT2D eigenvalue weighted by Crippen LogP contribution is 2.56. The first-order valence-electron chi connectivity index (χ1n) is 31.7. The van der Waals surface area contributed by atoms with Gasteiger partial charge in [0.05, 0.1) is 118 Å².